The molecule has 1 unspecified atom stereocenters. The average Bonchev–Trinajstić information content (AvgIpc) is 2.59. The number of carbonyl (C=O) groups excluding carboxylic acids is 2. The minimum Gasteiger partial charge on any atom is -0.326 e. The van der Waals surface area contributed by atoms with E-state index in [1.54, 1.807) is 13.0 Å². The molecule has 0 bridgehead atoms. The molecule has 1 atom stereocenters. The molecule has 132 valence electrons. The summed E-state index contributed by atoms with van der Waals surface area (Å²) in [5.41, 5.74) is 2.06. The fourth-order valence-corrected chi connectivity index (χ4v) is 2.54. The van der Waals surface area contributed by atoms with Crippen molar-refractivity contribution in [3.05, 3.63) is 65.5 Å². The summed E-state index contributed by atoms with van der Waals surface area (Å²) in [6, 6.07) is 13.1. The van der Waals surface area contributed by atoms with Crippen LogP contribution in [0.4, 0.5) is 10.1 Å². The summed E-state index contributed by atoms with van der Waals surface area (Å²) in [6.45, 7) is 5.31. The third-order valence-corrected chi connectivity index (χ3v) is 3.84. The van der Waals surface area contributed by atoms with Gasteiger partial charge in [-0.2, -0.15) is 0 Å². The van der Waals surface area contributed by atoms with Crippen LogP contribution >= 0.6 is 0 Å². The van der Waals surface area contributed by atoms with Crippen LogP contribution in [0.3, 0.4) is 0 Å². The predicted octanol–water partition coefficient (Wildman–Crippen LogP) is 3.78. The zero-order chi connectivity index (χ0) is 18.2. The maximum Gasteiger partial charge on any atom is 0.225 e. The highest BCUT2D eigenvalue weighted by Gasteiger charge is 2.19. The normalized spacial score (nSPS) is 11.8. The Morgan fingerprint density at radius 1 is 1.12 bits per heavy atom. The Morgan fingerprint density at radius 3 is 2.60 bits per heavy atom. The van der Waals surface area contributed by atoms with Crippen LogP contribution < -0.4 is 10.6 Å². The second kappa shape index (κ2) is 9.08. The van der Waals surface area contributed by atoms with Crippen LogP contribution in [0.2, 0.25) is 0 Å². The summed E-state index contributed by atoms with van der Waals surface area (Å²) in [6.07, 6.45) is 0.0484. The fraction of sp³-hybridized carbons (Fsp3) is 0.300. The molecule has 2 rings (SSSR count). The van der Waals surface area contributed by atoms with Gasteiger partial charge in [-0.05, 0) is 36.4 Å². The Labute approximate surface area is 147 Å². The van der Waals surface area contributed by atoms with Gasteiger partial charge in [0.2, 0.25) is 5.91 Å². The smallest absolute Gasteiger partial charge is 0.225 e. The zero-order valence-corrected chi connectivity index (χ0v) is 14.5. The fourth-order valence-electron chi connectivity index (χ4n) is 2.54. The lowest BCUT2D eigenvalue weighted by Crippen LogP contribution is -2.21. The number of hydrogen-bond donors (Lipinski definition) is 2. The summed E-state index contributed by atoms with van der Waals surface area (Å²) in [5.74, 6) is -1.46. The molecule has 0 saturated carbocycles. The maximum absolute atomic E-state index is 13.2. The lowest BCUT2D eigenvalue weighted by molar-refractivity contribution is -0.116. The first-order chi connectivity index (χ1) is 12.0. The molecular weight excluding hydrogens is 319 g/mol. The van der Waals surface area contributed by atoms with Crippen molar-refractivity contribution < 1.29 is 14.0 Å². The van der Waals surface area contributed by atoms with Gasteiger partial charge in [-0.25, -0.2) is 4.39 Å². The molecule has 0 aliphatic heterocycles. The number of nitrogens with one attached hydrogen (secondary N) is 2. The molecule has 0 saturated heterocycles. The van der Waals surface area contributed by atoms with Gasteiger partial charge in [-0.3, -0.25) is 9.59 Å². The molecular formula is C20H23FN2O2. The van der Waals surface area contributed by atoms with Crippen LogP contribution in [0.25, 0.3) is 0 Å². The summed E-state index contributed by atoms with van der Waals surface area (Å²) >= 11 is 0. The highest BCUT2D eigenvalue weighted by Crippen LogP contribution is 2.16. The van der Waals surface area contributed by atoms with E-state index in [4.69, 9.17) is 0 Å². The van der Waals surface area contributed by atoms with Crippen molar-refractivity contribution in [3.63, 3.8) is 0 Å². The van der Waals surface area contributed by atoms with E-state index in [2.05, 4.69) is 10.6 Å². The van der Waals surface area contributed by atoms with Gasteiger partial charge in [0.05, 0.1) is 0 Å². The number of Topliss-reactive ketones (excluding diaryl/α,β-unsaturated/α-hetero) is 1. The molecule has 0 spiro atoms. The van der Waals surface area contributed by atoms with Gasteiger partial charge < -0.3 is 10.6 Å². The number of halogens is 1. The standard InChI is InChI=1S/C20H23FN2O2/c1-3-22-13-15-6-4-9-18(11-15)23-19(24)10-14(2)20(25)16-7-5-8-17(21)12-16/h4-9,11-12,14,22H,3,10,13H2,1-2H3,(H,23,24). The minimum absolute atomic E-state index is 0.0484. The number of hydrogen-bond acceptors (Lipinski definition) is 3. The zero-order valence-electron chi connectivity index (χ0n) is 14.5. The van der Waals surface area contributed by atoms with Crippen molar-refractivity contribution in [3.8, 4) is 0 Å². The lowest BCUT2D eigenvalue weighted by atomic mass is 9.96. The molecule has 0 aliphatic rings. The van der Waals surface area contributed by atoms with Crippen LogP contribution in [0.5, 0.6) is 0 Å². The number of anilines is 1. The lowest BCUT2D eigenvalue weighted by Gasteiger charge is -2.12. The van der Waals surface area contributed by atoms with Crippen molar-refractivity contribution in [2.75, 3.05) is 11.9 Å². The monoisotopic (exact) mass is 342 g/mol. The molecule has 1 amide bonds. The second-order valence-corrected chi connectivity index (χ2v) is 6.01. The SMILES string of the molecule is CCNCc1cccc(NC(=O)CC(C)C(=O)c2cccc(F)c2)c1. The van der Waals surface area contributed by atoms with Crippen LogP contribution in [-0.2, 0) is 11.3 Å². The first-order valence-electron chi connectivity index (χ1n) is 8.39. The Morgan fingerprint density at radius 2 is 1.88 bits per heavy atom. The van der Waals surface area contributed by atoms with Gasteiger partial charge in [0.15, 0.2) is 5.78 Å². The van der Waals surface area contributed by atoms with E-state index >= 15 is 0 Å². The topological polar surface area (TPSA) is 58.2 Å². The summed E-state index contributed by atoms with van der Waals surface area (Å²) in [7, 11) is 0. The summed E-state index contributed by atoms with van der Waals surface area (Å²) < 4.78 is 13.2. The highest BCUT2D eigenvalue weighted by molar-refractivity contribution is 6.01. The van der Waals surface area contributed by atoms with E-state index in [9.17, 15) is 14.0 Å². The van der Waals surface area contributed by atoms with Crippen molar-refractivity contribution in [2.24, 2.45) is 5.92 Å². The van der Waals surface area contributed by atoms with Crippen LogP contribution in [0.1, 0.15) is 36.2 Å². The number of benzene rings is 2. The largest absolute Gasteiger partial charge is 0.326 e. The maximum atomic E-state index is 13.2. The van der Waals surface area contributed by atoms with Crippen LogP contribution in [0, 0.1) is 11.7 Å². The first kappa shape index (κ1) is 18.8. The van der Waals surface area contributed by atoms with E-state index in [0.29, 0.717) is 5.69 Å². The molecule has 0 radical (unpaired) electrons. The summed E-state index contributed by atoms with van der Waals surface area (Å²) in [4.78, 5) is 24.5. The number of carbonyl (C=O) groups is 2. The Kier molecular flexibility index (Phi) is 6.83. The van der Waals surface area contributed by atoms with Crippen LogP contribution in [-0.4, -0.2) is 18.2 Å². The number of amides is 1. The van der Waals surface area contributed by atoms with Crippen molar-refractivity contribution >= 4 is 17.4 Å². The average molecular weight is 342 g/mol. The van der Waals surface area contributed by atoms with Gasteiger partial charge in [0, 0.05) is 30.1 Å². The number of ketones is 1. The molecule has 0 fully saturated rings. The molecule has 2 aromatic carbocycles. The number of rotatable bonds is 8. The van der Waals surface area contributed by atoms with Gasteiger partial charge in [0.25, 0.3) is 0 Å². The molecule has 2 N–H and O–H groups in total. The van der Waals surface area contributed by atoms with Crippen molar-refractivity contribution in [1.82, 2.24) is 5.32 Å². The van der Waals surface area contributed by atoms with Gasteiger partial charge >= 0.3 is 0 Å². The Hall–Kier alpha value is -2.53. The molecule has 0 heterocycles. The molecule has 4 nitrogen and oxygen atoms in total. The second-order valence-electron chi connectivity index (χ2n) is 6.01. The molecule has 2 aromatic rings. The molecule has 0 aliphatic carbocycles. The van der Waals surface area contributed by atoms with E-state index < -0.39 is 11.7 Å². The highest BCUT2D eigenvalue weighted by atomic mass is 19.1. The molecule has 0 aromatic heterocycles. The van der Waals surface area contributed by atoms with E-state index in [1.807, 2.05) is 31.2 Å². The minimum atomic E-state index is -0.522. The third-order valence-electron chi connectivity index (χ3n) is 3.84. The van der Waals surface area contributed by atoms with Gasteiger partial charge in [-0.15, -0.1) is 0 Å². The summed E-state index contributed by atoms with van der Waals surface area (Å²) in [5, 5.41) is 6.04. The Bertz CT molecular complexity index is 746. The predicted molar refractivity (Wildman–Crippen MR) is 97.0 cm³/mol. The van der Waals surface area contributed by atoms with E-state index in [-0.39, 0.29) is 23.7 Å². The van der Waals surface area contributed by atoms with E-state index in [0.717, 1.165) is 18.7 Å². The van der Waals surface area contributed by atoms with E-state index in [1.165, 1.54) is 18.2 Å². The van der Waals surface area contributed by atoms with Crippen LogP contribution in [0.15, 0.2) is 48.5 Å². The third kappa shape index (κ3) is 5.80. The van der Waals surface area contributed by atoms with Crippen molar-refractivity contribution in [2.45, 2.75) is 26.8 Å². The van der Waals surface area contributed by atoms with Gasteiger partial charge in [0.1, 0.15) is 5.82 Å². The van der Waals surface area contributed by atoms with Gasteiger partial charge in [-0.1, -0.05) is 38.1 Å². The first-order valence-corrected chi connectivity index (χ1v) is 8.39. The quantitative estimate of drug-likeness (QED) is 0.718. The molecule has 25 heavy (non-hydrogen) atoms. The molecule has 5 heteroatoms. The van der Waals surface area contributed by atoms with Crippen molar-refractivity contribution in [1.29, 1.82) is 0 Å². The Balaban J connectivity index is 1.94.